The normalized spacial score (nSPS) is 10.4. The number of phenols is 1. The van der Waals surface area contributed by atoms with Crippen LogP contribution in [0.25, 0.3) is 0 Å². The molecule has 4 aromatic rings. The third-order valence-corrected chi connectivity index (χ3v) is 6.65. The fourth-order valence-corrected chi connectivity index (χ4v) is 4.18. The zero-order valence-electron chi connectivity index (χ0n) is 22.4. The maximum absolute atomic E-state index is 12.7. The lowest BCUT2D eigenvalue weighted by Crippen LogP contribution is -2.40. The molecule has 0 bridgehead atoms. The van der Waals surface area contributed by atoms with E-state index in [1.165, 1.54) is 19.2 Å². The molecule has 0 saturated carbocycles. The summed E-state index contributed by atoms with van der Waals surface area (Å²) in [6, 6.07) is 20.8. The van der Waals surface area contributed by atoms with Gasteiger partial charge in [-0.1, -0.05) is 71.5 Å². The minimum atomic E-state index is -0.731. The van der Waals surface area contributed by atoms with Gasteiger partial charge in [-0.25, -0.2) is 4.79 Å². The van der Waals surface area contributed by atoms with Crippen LogP contribution in [0.4, 0.5) is 11.4 Å². The number of phenolic OH excluding ortho intramolecular Hbond substituents is 1. The average molecular weight is 571 g/mol. The van der Waals surface area contributed by atoms with E-state index < -0.39 is 17.2 Å². The number of aryl methyl sites for hydroxylation is 2. The van der Waals surface area contributed by atoms with E-state index in [1.807, 2.05) is 31.2 Å². The number of carbonyl (C=O) groups excluding carboxylic acids is 2. The Morgan fingerprint density at radius 3 is 2.37 bits per heavy atom. The van der Waals surface area contributed by atoms with Crippen LogP contribution in [0.2, 0.25) is 5.15 Å². The van der Waals surface area contributed by atoms with Crippen molar-refractivity contribution in [3.05, 3.63) is 121 Å². The summed E-state index contributed by atoms with van der Waals surface area (Å²) >= 11 is 6.38. The number of halogens is 1. The Labute approximate surface area is 241 Å². The summed E-state index contributed by atoms with van der Waals surface area (Å²) in [7, 11) is 1.29. The van der Waals surface area contributed by atoms with Crippen LogP contribution >= 0.6 is 11.6 Å². The lowest BCUT2D eigenvalue weighted by atomic mass is 10.1. The number of aromatic nitrogens is 2. The smallest absolute Gasteiger partial charge is 0.332 e. The Hall–Kier alpha value is -5.07. The van der Waals surface area contributed by atoms with Crippen LogP contribution in [0.15, 0.2) is 82.4 Å². The van der Waals surface area contributed by atoms with Crippen molar-refractivity contribution in [1.82, 2.24) is 9.13 Å². The summed E-state index contributed by atoms with van der Waals surface area (Å²) in [6.45, 7) is 1.79. The molecular formula is C31H27ClN4O5. The molecule has 10 heteroatoms. The second-order valence-corrected chi connectivity index (χ2v) is 9.64. The topological polar surface area (TPSA) is 122 Å². The fourth-order valence-electron chi connectivity index (χ4n) is 3.92. The van der Waals surface area contributed by atoms with Gasteiger partial charge in [0.25, 0.3) is 11.5 Å². The highest BCUT2D eigenvalue weighted by Gasteiger charge is 2.18. The van der Waals surface area contributed by atoms with Gasteiger partial charge in [-0.2, -0.15) is 0 Å². The number of anilines is 2. The van der Waals surface area contributed by atoms with Gasteiger partial charge >= 0.3 is 5.69 Å². The monoisotopic (exact) mass is 570 g/mol. The summed E-state index contributed by atoms with van der Waals surface area (Å²) in [5.74, 6) is 4.63. The maximum atomic E-state index is 12.7. The number of aromatic hydroxyl groups is 1. The van der Waals surface area contributed by atoms with Crippen LogP contribution in [-0.4, -0.2) is 26.1 Å². The van der Waals surface area contributed by atoms with Crippen molar-refractivity contribution >= 4 is 34.8 Å². The lowest BCUT2D eigenvalue weighted by molar-refractivity contribution is -0.116. The molecule has 208 valence electrons. The third kappa shape index (κ3) is 7.12. The molecule has 2 amide bonds. The number of hydrogen-bond acceptors (Lipinski definition) is 5. The van der Waals surface area contributed by atoms with Crippen molar-refractivity contribution in [2.24, 2.45) is 7.05 Å². The number of nitrogens with zero attached hydrogens (tertiary/aromatic N) is 2. The van der Waals surface area contributed by atoms with E-state index in [0.29, 0.717) is 17.5 Å². The molecule has 0 radical (unpaired) electrons. The molecule has 3 N–H and O–H groups in total. The molecule has 0 unspecified atom stereocenters. The minimum absolute atomic E-state index is 0.118. The molecule has 41 heavy (non-hydrogen) atoms. The summed E-state index contributed by atoms with van der Waals surface area (Å²) in [4.78, 5) is 50.4. The Bertz CT molecular complexity index is 1780. The van der Waals surface area contributed by atoms with Gasteiger partial charge in [0.15, 0.2) is 0 Å². The van der Waals surface area contributed by atoms with Crippen LogP contribution in [0, 0.1) is 18.8 Å². The number of rotatable bonds is 7. The first-order valence-corrected chi connectivity index (χ1v) is 13.0. The average Bonchev–Trinajstić information content (AvgIpc) is 2.97. The summed E-state index contributed by atoms with van der Waals surface area (Å²) in [5, 5.41) is 15.3. The van der Waals surface area contributed by atoms with Gasteiger partial charge in [-0.3, -0.25) is 23.5 Å². The highest BCUT2D eigenvalue weighted by Crippen LogP contribution is 2.24. The second-order valence-electron chi connectivity index (χ2n) is 9.29. The molecule has 1 heterocycles. The predicted octanol–water partition coefficient (Wildman–Crippen LogP) is 4.09. The van der Waals surface area contributed by atoms with Crippen molar-refractivity contribution in [3.63, 3.8) is 0 Å². The summed E-state index contributed by atoms with van der Waals surface area (Å²) in [5.41, 5.74) is 1.52. The molecule has 0 aliphatic carbocycles. The zero-order chi connectivity index (χ0) is 29.5. The van der Waals surface area contributed by atoms with Gasteiger partial charge in [-0.15, -0.1) is 0 Å². The number of carbonyl (C=O) groups is 2. The lowest BCUT2D eigenvalue weighted by Gasteiger charge is -2.13. The van der Waals surface area contributed by atoms with Gasteiger partial charge in [0.2, 0.25) is 5.91 Å². The zero-order valence-corrected chi connectivity index (χ0v) is 23.2. The van der Waals surface area contributed by atoms with Crippen LogP contribution in [0.3, 0.4) is 0 Å². The van der Waals surface area contributed by atoms with E-state index in [2.05, 4.69) is 22.5 Å². The van der Waals surface area contributed by atoms with Crippen molar-refractivity contribution in [2.75, 3.05) is 10.6 Å². The fraction of sp³-hybridized carbons (Fsp3) is 0.161. The molecule has 0 fully saturated rings. The van der Waals surface area contributed by atoms with Crippen molar-refractivity contribution in [3.8, 4) is 17.6 Å². The van der Waals surface area contributed by atoms with E-state index in [0.717, 1.165) is 20.3 Å². The quantitative estimate of drug-likeness (QED) is 0.175. The first-order chi connectivity index (χ1) is 19.6. The Kier molecular flexibility index (Phi) is 9.07. The predicted molar refractivity (Wildman–Crippen MR) is 158 cm³/mol. The van der Waals surface area contributed by atoms with Crippen molar-refractivity contribution in [1.29, 1.82) is 0 Å². The minimum Gasteiger partial charge on any atom is -0.506 e. The highest BCUT2D eigenvalue weighted by atomic mass is 35.5. The standard InChI is InChI=1S/C31H27ClN4O5/c1-20-10-12-21(13-11-20)15-17-26(38)34-27-28(32)36(31(41)35(2)30(27)40)18-6-7-22-14-16-24(25(37)19-22)33-29(39)23-8-4-3-5-9-23/h3-5,8-14,16,19,37H,15,17-18H2,1-2H3,(H,33,39)(H,34,38). The molecule has 0 atom stereocenters. The number of amides is 2. The summed E-state index contributed by atoms with van der Waals surface area (Å²) < 4.78 is 1.92. The van der Waals surface area contributed by atoms with E-state index >= 15 is 0 Å². The Balaban J connectivity index is 1.47. The molecule has 1 aromatic heterocycles. The molecule has 3 aromatic carbocycles. The van der Waals surface area contributed by atoms with Gasteiger partial charge in [-0.05, 0) is 49.2 Å². The number of nitrogens with one attached hydrogen (secondary N) is 2. The van der Waals surface area contributed by atoms with Crippen molar-refractivity contribution in [2.45, 2.75) is 26.3 Å². The Morgan fingerprint density at radius 1 is 0.976 bits per heavy atom. The van der Waals surface area contributed by atoms with Gasteiger partial charge in [0.05, 0.1) is 12.2 Å². The molecule has 0 spiro atoms. The van der Waals surface area contributed by atoms with E-state index in [1.54, 1.807) is 36.4 Å². The molecule has 0 aliphatic heterocycles. The van der Waals surface area contributed by atoms with Crippen LogP contribution in [0.5, 0.6) is 5.75 Å². The number of benzene rings is 3. The maximum Gasteiger partial charge on any atom is 0.332 e. The molecule has 0 saturated heterocycles. The van der Waals surface area contributed by atoms with Gasteiger partial charge in [0, 0.05) is 24.6 Å². The first kappa shape index (κ1) is 28.9. The number of hydrogen-bond donors (Lipinski definition) is 3. The van der Waals surface area contributed by atoms with Gasteiger partial charge in [0.1, 0.15) is 16.6 Å². The molecule has 4 rings (SSSR count). The van der Waals surface area contributed by atoms with Gasteiger partial charge < -0.3 is 15.7 Å². The second kappa shape index (κ2) is 12.9. The molecule has 0 aliphatic rings. The summed E-state index contributed by atoms with van der Waals surface area (Å²) in [6.07, 6.45) is 0.587. The largest absolute Gasteiger partial charge is 0.506 e. The Morgan fingerprint density at radius 2 is 1.68 bits per heavy atom. The third-order valence-electron chi connectivity index (χ3n) is 6.26. The molecular weight excluding hydrogens is 544 g/mol. The van der Waals surface area contributed by atoms with Crippen molar-refractivity contribution < 1.29 is 14.7 Å². The SMILES string of the molecule is Cc1ccc(CCC(=O)Nc2c(Cl)n(CC#Cc3ccc(NC(=O)c4ccccc4)c(O)c3)c(=O)n(C)c2=O)cc1. The van der Waals surface area contributed by atoms with Crippen LogP contribution < -0.4 is 21.9 Å². The molecule has 9 nitrogen and oxygen atoms in total. The van der Waals surface area contributed by atoms with E-state index in [9.17, 15) is 24.3 Å². The van der Waals surface area contributed by atoms with E-state index in [-0.39, 0.29) is 41.2 Å². The highest BCUT2D eigenvalue weighted by molar-refractivity contribution is 6.32. The van der Waals surface area contributed by atoms with E-state index in [4.69, 9.17) is 11.6 Å². The van der Waals surface area contributed by atoms with Crippen LogP contribution in [0.1, 0.15) is 33.5 Å². The van der Waals surface area contributed by atoms with Crippen LogP contribution in [-0.2, 0) is 24.8 Å². The first-order valence-electron chi connectivity index (χ1n) is 12.7.